The second-order valence-electron chi connectivity index (χ2n) is 6.28. The van der Waals surface area contributed by atoms with Gasteiger partial charge in [0.25, 0.3) is 5.91 Å². The van der Waals surface area contributed by atoms with Crippen molar-refractivity contribution < 1.29 is 4.79 Å². The lowest BCUT2D eigenvalue weighted by Gasteiger charge is -2.23. The predicted octanol–water partition coefficient (Wildman–Crippen LogP) is 2.45. The number of pyridine rings is 1. The monoisotopic (exact) mass is 408 g/mol. The van der Waals surface area contributed by atoms with E-state index in [1.54, 1.807) is 10.9 Å². The molecule has 7 nitrogen and oxygen atoms in total. The van der Waals surface area contributed by atoms with E-state index in [1.807, 2.05) is 37.3 Å². The molecule has 0 spiro atoms. The summed E-state index contributed by atoms with van der Waals surface area (Å²) in [6.07, 6.45) is 3.64. The zero-order valence-electron chi connectivity index (χ0n) is 14.9. The van der Waals surface area contributed by atoms with E-state index in [2.05, 4.69) is 25.9 Å². The molecule has 0 unspecified atom stereocenters. The number of piperidine rings is 1. The van der Waals surface area contributed by atoms with Crippen molar-refractivity contribution in [3.8, 4) is 5.69 Å². The Hall–Kier alpha value is -2.22. The molecule has 1 fully saturated rings. The van der Waals surface area contributed by atoms with Gasteiger partial charge >= 0.3 is 0 Å². The third-order valence-corrected chi connectivity index (χ3v) is 4.63. The molecule has 0 aliphatic carbocycles. The number of nitrogens with zero attached hydrogens (tertiary/aromatic N) is 4. The SMILES string of the molecule is Cc1c(C(=O)NC2CCNCC2)nnn1-c1cccc2ncccc12.Cl.Cl. The lowest BCUT2D eigenvalue weighted by molar-refractivity contribution is 0.0923. The van der Waals surface area contributed by atoms with Crippen LogP contribution in [0.3, 0.4) is 0 Å². The maximum atomic E-state index is 12.6. The van der Waals surface area contributed by atoms with Gasteiger partial charge in [0.2, 0.25) is 0 Å². The highest BCUT2D eigenvalue weighted by atomic mass is 35.5. The van der Waals surface area contributed by atoms with Crippen molar-refractivity contribution in [2.24, 2.45) is 0 Å². The largest absolute Gasteiger partial charge is 0.348 e. The molecular weight excluding hydrogens is 387 g/mol. The molecule has 1 amide bonds. The Labute approximate surface area is 169 Å². The van der Waals surface area contributed by atoms with Crippen LogP contribution in [-0.4, -0.2) is 45.0 Å². The van der Waals surface area contributed by atoms with Crippen molar-refractivity contribution in [3.63, 3.8) is 0 Å². The first-order valence-corrected chi connectivity index (χ1v) is 8.52. The van der Waals surface area contributed by atoms with E-state index in [-0.39, 0.29) is 36.8 Å². The molecule has 2 aromatic heterocycles. The number of hydrogen-bond acceptors (Lipinski definition) is 5. The molecule has 1 aliphatic rings. The van der Waals surface area contributed by atoms with Gasteiger partial charge < -0.3 is 10.6 Å². The Balaban J connectivity index is 0.00000131. The van der Waals surface area contributed by atoms with Gasteiger partial charge in [-0.3, -0.25) is 9.78 Å². The molecule has 0 saturated carbocycles. The van der Waals surface area contributed by atoms with Gasteiger partial charge in [0, 0.05) is 17.6 Å². The fourth-order valence-corrected chi connectivity index (χ4v) is 3.26. The van der Waals surface area contributed by atoms with E-state index < -0.39 is 0 Å². The molecule has 0 radical (unpaired) electrons. The van der Waals surface area contributed by atoms with Gasteiger partial charge in [-0.25, -0.2) is 4.68 Å². The van der Waals surface area contributed by atoms with Crippen LogP contribution in [0.1, 0.15) is 29.0 Å². The van der Waals surface area contributed by atoms with Gasteiger partial charge in [-0.1, -0.05) is 11.3 Å². The zero-order valence-corrected chi connectivity index (χ0v) is 16.5. The van der Waals surface area contributed by atoms with Gasteiger partial charge in [0.05, 0.1) is 16.9 Å². The number of hydrogen-bond donors (Lipinski definition) is 2. The number of fused-ring (bicyclic) bond motifs is 1. The number of rotatable bonds is 3. The minimum atomic E-state index is -0.158. The third kappa shape index (κ3) is 4.21. The average molecular weight is 409 g/mol. The van der Waals surface area contributed by atoms with Crippen molar-refractivity contribution >= 4 is 41.6 Å². The topological polar surface area (TPSA) is 84.7 Å². The van der Waals surface area contributed by atoms with Gasteiger partial charge in [-0.15, -0.1) is 29.9 Å². The van der Waals surface area contributed by atoms with E-state index in [9.17, 15) is 4.79 Å². The molecule has 9 heteroatoms. The molecule has 144 valence electrons. The lowest BCUT2D eigenvalue weighted by Crippen LogP contribution is -2.43. The Kier molecular flexibility index (Phi) is 7.12. The van der Waals surface area contributed by atoms with Crippen molar-refractivity contribution in [2.75, 3.05) is 13.1 Å². The highest BCUT2D eigenvalue weighted by Gasteiger charge is 2.22. The standard InChI is InChI=1S/C18H20N6O.2ClH/c1-12-17(18(25)21-13-7-10-19-11-8-13)22-23-24(12)16-6-2-5-15-14(16)4-3-9-20-15;;/h2-6,9,13,19H,7-8,10-11H2,1H3,(H,21,25);2*1H. The third-order valence-electron chi connectivity index (χ3n) is 4.63. The first-order valence-electron chi connectivity index (χ1n) is 8.52. The number of benzene rings is 1. The molecule has 1 saturated heterocycles. The van der Waals surface area contributed by atoms with E-state index in [0.717, 1.165) is 48.2 Å². The van der Waals surface area contributed by atoms with E-state index in [1.165, 1.54) is 0 Å². The number of amides is 1. The summed E-state index contributed by atoms with van der Waals surface area (Å²) in [6, 6.07) is 9.92. The van der Waals surface area contributed by atoms with Gasteiger partial charge in [-0.05, 0) is 57.1 Å². The molecular formula is C18H22Cl2N6O. The van der Waals surface area contributed by atoms with E-state index in [0.29, 0.717) is 5.69 Å². The van der Waals surface area contributed by atoms with Crippen LogP contribution < -0.4 is 10.6 Å². The smallest absolute Gasteiger partial charge is 0.273 e. The van der Waals surface area contributed by atoms with Crippen LogP contribution in [0.5, 0.6) is 0 Å². The molecule has 1 aliphatic heterocycles. The van der Waals surface area contributed by atoms with Crippen molar-refractivity contribution in [3.05, 3.63) is 47.9 Å². The second kappa shape index (κ2) is 9.12. The van der Waals surface area contributed by atoms with Crippen LogP contribution in [0, 0.1) is 6.92 Å². The number of nitrogens with one attached hydrogen (secondary N) is 2. The number of carbonyl (C=O) groups excluding carboxylic acids is 1. The summed E-state index contributed by atoms with van der Waals surface area (Å²) >= 11 is 0. The minimum absolute atomic E-state index is 0. The average Bonchev–Trinajstić information content (AvgIpc) is 3.03. The summed E-state index contributed by atoms with van der Waals surface area (Å²) in [5.41, 5.74) is 2.86. The van der Waals surface area contributed by atoms with Crippen LogP contribution in [0.15, 0.2) is 36.5 Å². The summed E-state index contributed by atoms with van der Waals surface area (Å²) < 4.78 is 1.71. The molecule has 3 aromatic rings. The van der Waals surface area contributed by atoms with Crippen LogP contribution in [0.2, 0.25) is 0 Å². The predicted molar refractivity (Wildman–Crippen MR) is 109 cm³/mol. The molecule has 2 N–H and O–H groups in total. The second-order valence-corrected chi connectivity index (χ2v) is 6.28. The quantitative estimate of drug-likeness (QED) is 0.694. The number of carbonyl (C=O) groups is 1. The Morgan fingerprint density at radius 2 is 1.96 bits per heavy atom. The van der Waals surface area contributed by atoms with Crippen LogP contribution in [0.4, 0.5) is 0 Å². The summed E-state index contributed by atoms with van der Waals surface area (Å²) in [5, 5.41) is 15.7. The van der Waals surface area contributed by atoms with Crippen LogP contribution >= 0.6 is 24.8 Å². The first-order chi connectivity index (χ1) is 12.2. The van der Waals surface area contributed by atoms with Crippen molar-refractivity contribution in [2.45, 2.75) is 25.8 Å². The summed E-state index contributed by atoms with van der Waals surface area (Å²) in [6.45, 7) is 3.73. The van der Waals surface area contributed by atoms with E-state index >= 15 is 0 Å². The normalized spacial score (nSPS) is 14.3. The number of halogens is 2. The zero-order chi connectivity index (χ0) is 17.2. The molecule has 1 aromatic carbocycles. The summed E-state index contributed by atoms with van der Waals surface area (Å²) in [5.74, 6) is -0.158. The first kappa shape index (κ1) is 21.1. The fourth-order valence-electron chi connectivity index (χ4n) is 3.26. The molecule has 0 bridgehead atoms. The molecule has 3 heterocycles. The Morgan fingerprint density at radius 1 is 1.19 bits per heavy atom. The molecule has 4 rings (SSSR count). The molecule has 27 heavy (non-hydrogen) atoms. The number of aromatic nitrogens is 4. The maximum Gasteiger partial charge on any atom is 0.273 e. The summed E-state index contributed by atoms with van der Waals surface area (Å²) in [7, 11) is 0. The van der Waals surface area contributed by atoms with Gasteiger partial charge in [-0.2, -0.15) is 0 Å². The van der Waals surface area contributed by atoms with Crippen molar-refractivity contribution in [1.29, 1.82) is 0 Å². The maximum absolute atomic E-state index is 12.6. The minimum Gasteiger partial charge on any atom is -0.348 e. The Bertz CT molecular complexity index is 918. The van der Waals surface area contributed by atoms with E-state index in [4.69, 9.17) is 0 Å². The molecule has 0 atom stereocenters. The van der Waals surface area contributed by atoms with Crippen LogP contribution in [0.25, 0.3) is 16.6 Å². The summed E-state index contributed by atoms with van der Waals surface area (Å²) in [4.78, 5) is 17.0. The fraction of sp³-hybridized carbons (Fsp3) is 0.333. The van der Waals surface area contributed by atoms with Crippen molar-refractivity contribution in [1.82, 2.24) is 30.6 Å². The highest BCUT2D eigenvalue weighted by Crippen LogP contribution is 2.21. The lowest BCUT2D eigenvalue weighted by atomic mass is 10.1. The highest BCUT2D eigenvalue weighted by molar-refractivity contribution is 5.94. The van der Waals surface area contributed by atoms with Gasteiger partial charge in [0.15, 0.2) is 5.69 Å². The van der Waals surface area contributed by atoms with Crippen LogP contribution in [-0.2, 0) is 0 Å². The van der Waals surface area contributed by atoms with Gasteiger partial charge in [0.1, 0.15) is 0 Å². The Morgan fingerprint density at radius 3 is 2.74 bits per heavy atom.